The topological polar surface area (TPSA) is 41.5 Å². The van der Waals surface area contributed by atoms with Crippen molar-refractivity contribution in [2.24, 2.45) is 0 Å². The fourth-order valence-corrected chi connectivity index (χ4v) is 1.26. The Balaban J connectivity index is 0.000001000. The van der Waals surface area contributed by atoms with Gasteiger partial charge in [0.2, 0.25) is 0 Å². The van der Waals surface area contributed by atoms with Crippen molar-refractivity contribution in [1.29, 1.82) is 0 Å². The first-order chi connectivity index (χ1) is 4.77. The van der Waals surface area contributed by atoms with Gasteiger partial charge in [0, 0.05) is 32.6 Å². The normalized spacial score (nSPS) is 22.4. The molecule has 0 spiro atoms. The molecule has 0 atom stereocenters. The Kier molecular flexibility index (Phi) is 5.01. The Morgan fingerprint density at radius 3 is 2.45 bits per heavy atom. The lowest BCUT2D eigenvalue weighted by atomic mass is 9.95. The van der Waals surface area contributed by atoms with Gasteiger partial charge in [0.15, 0.2) is 0 Å². The molecule has 0 aromatic heterocycles. The second-order valence-corrected chi connectivity index (χ2v) is 2.87. The van der Waals surface area contributed by atoms with Crippen LogP contribution in [0, 0.1) is 0 Å². The van der Waals surface area contributed by atoms with Crippen LogP contribution in [-0.4, -0.2) is 37.5 Å². The molecule has 0 unspecified atom stereocenters. The molecule has 0 saturated carbocycles. The van der Waals surface area contributed by atoms with Crippen molar-refractivity contribution < 1.29 is 9.84 Å². The van der Waals surface area contributed by atoms with Gasteiger partial charge in [-0.15, -0.1) is 12.4 Å². The van der Waals surface area contributed by atoms with Crippen molar-refractivity contribution in [3.8, 4) is 0 Å². The zero-order chi connectivity index (χ0) is 7.45. The molecule has 11 heavy (non-hydrogen) atoms. The maximum absolute atomic E-state index is 9.73. The second-order valence-electron chi connectivity index (χ2n) is 2.87. The molecule has 4 heteroatoms. The standard InChI is InChI=1S/C7H15NO2.ClH/c1-8-6-7(9)2-4-10-5-3-7;/h8-9H,2-6H2,1H3;1H. The molecule has 0 radical (unpaired) electrons. The van der Waals surface area contributed by atoms with Crippen molar-refractivity contribution in [2.45, 2.75) is 18.4 Å². The first-order valence-corrected chi connectivity index (χ1v) is 3.72. The van der Waals surface area contributed by atoms with Crippen molar-refractivity contribution >= 4 is 12.4 Å². The van der Waals surface area contributed by atoms with Crippen LogP contribution in [0.1, 0.15) is 12.8 Å². The average molecular weight is 182 g/mol. The summed E-state index contributed by atoms with van der Waals surface area (Å²) >= 11 is 0. The van der Waals surface area contributed by atoms with E-state index in [1.165, 1.54) is 0 Å². The molecule has 1 rings (SSSR count). The number of rotatable bonds is 2. The van der Waals surface area contributed by atoms with Gasteiger partial charge in [0.25, 0.3) is 0 Å². The molecule has 1 aliphatic heterocycles. The molecule has 1 aliphatic rings. The predicted octanol–water partition coefficient (Wildman–Crippen LogP) is 0.169. The summed E-state index contributed by atoms with van der Waals surface area (Å²) < 4.78 is 5.12. The number of likely N-dealkylation sites (N-methyl/N-ethyl adjacent to an activating group) is 1. The number of ether oxygens (including phenoxy) is 1. The highest BCUT2D eigenvalue weighted by molar-refractivity contribution is 5.85. The summed E-state index contributed by atoms with van der Waals surface area (Å²) in [5.74, 6) is 0. The highest BCUT2D eigenvalue weighted by Crippen LogP contribution is 2.18. The van der Waals surface area contributed by atoms with Crippen LogP contribution in [0.25, 0.3) is 0 Å². The average Bonchev–Trinajstić information content (AvgIpc) is 1.89. The van der Waals surface area contributed by atoms with Gasteiger partial charge in [-0.1, -0.05) is 0 Å². The highest BCUT2D eigenvalue weighted by Gasteiger charge is 2.28. The first kappa shape index (κ1) is 11.2. The molecular weight excluding hydrogens is 166 g/mol. The van der Waals surface area contributed by atoms with Gasteiger partial charge in [0.1, 0.15) is 0 Å². The van der Waals surface area contributed by atoms with Gasteiger partial charge in [-0.25, -0.2) is 0 Å². The number of nitrogens with one attached hydrogen (secondary N) is 1. The summed E-state index contributed by atoms with van der Waals surface area (Å²) in [6.07, 6.45) is 1.52. The minimum Gasteiger partial charge on any atom is -0.388 e. The third kappa shape index (κ3) is 3.38. The van der Waals surface area contributed by atoms with E-state index in [-0.39, 0.29) is 12.4 Å². The summed E-state index contributed by atoms with van der Waals surface area (Å²) in [6.45, 7) is 2.06. The maximum atomic E-state index is 9.73. The third-order valence-electron chi connectivity index (χ3n) is 1.93. The van der Waals surface area contributed by atoms with Gasteiger partial charge in [0.05, 0.1) is 5.60 Å². The Labute approximate surface area is 73.5 Å². The molecule has 1 fully saturated rings. The fraction of sp³-hybridized carbons (Fsp3) is 1.00. The van der Waals surface area contributed by atoms with Crippen LogP contribution in [0.2, 0.25) is 0 Å². The number of halogens is 1. The third-order valence-corrected chi connectivity index (χ3v) is 1.93. The molecule has 0 aliphatic carbocycles. The lowest BCUT2D eigenvalue weighted by Gasteiger charge is -2.31. The summed E-state index contributed by atoms with van der Waals surface area (Å²) in [5.41, 5.74) is -0.507. The number of hydrogen-bond donors (Lipinski definition) is 2. The predicted molar refractivity (Wildman–Crippen MR) is 46.2 cm³/mol. The van der Waals surface area contributed by atoms with E-state index < -0.39 is 5.60 Å². The van der Waals surface area contributed by atoms with Crippen LogP contribution in [0.15, 0.2) is 0 Å². The van der Waals surface area contributed by atoms with Crippen molar-refractivity contribution in [3.63, 3.8) is 0 Å². The monoisotopic (exact) mass is 181 g/mol. The molecule has 0 aromatic rings. The van der Waals surface area contributed by atoms with Crippen molar-refractivity contribution in [2.75, 3.05) is 26.8 Å². The lowest BCUT2D eigenvalue weighted by Crippen LogP contribution is -2.43. The van der Waals surface area contributed by atoms with Crippen LogP contribution in [0.5, 0.6) is 0 Å². The van der Waals surface area contributed by atoms with Crippen molar-refractivity contribution in [3.05, 3.63) is 0 Å². The molecule has 1 heterocycles. The van der Waals surface area contributed by atoms with Crippen molar-refractivity contribution in [1.82, 2.24) is 5.32 Å². The Morgan fingerprint density at radius 2 is 2.00 bits per heavy atom. The SMILES string of the molecule is CNCC1(O)CCOCC1.Cl. The Morgan fingerprint density at radius 1 is 1.45 bits per heavy atom. The summed E-state index contributed by atoms with van der Waals surface area (Å²) in [4.78, 5) is 0. The fourth-order valence-electron chi connectivity index (χ4n) is 1.26. The second kappa shape index (κ2) is 4.93. The van der Waals surface area contributed by atoms with E-state index in [0.717, 1.165) is 12.8 Å². The van der Waals surface area contributed by atoms with E-state index in [4.69, 9.17) is 4.74 Å². The zero-order valence-electron chi connectivity index (χ0n) is 6.80. The Hall–Kier alpha value is 0.170. The van der Waals surface area contributed by atoms with Crippen LogP contribution in [0.3, 0.4) is 0 Å². The van der Waals surface area contributed by atoms with E-state index in [9.17, 15) is 5.11 Å². The van der Waals surface area contributed by atoms with Gasteiger partial charge >= 0.3 is 0 Å². The molecular formula is C7H16ClNO2. The molecule has 68 valence electrons. The smallest absolute Gasteiger partial charge is 0.0815 e. The largest absolute Gasteiger partial charge is 0.388 e. The van der Waals surface area contributed by atoms with E-state index in [1.54, 1.807) is 0 Å². The van der Waals surface area contributed by atoms with E-state index >= 15 is 0 Å². The maximum Gasteiger partial charge on any atom is 0.0815 e. The summed E-state index contributed by atoms with van der Waals surface area (Å²) in [6, 6.07) is 0. The number of hydrogen-bond acceptors (Lipinski definition) is 3. The van der Waals surface area contributed by atoms with Crippen LogP contribution >= 0.6 is 12.4 Å². The molecule has 2 N–H and O–H groups in total. The number of aliphatic hydroxyl groups is 1. The quantitative estimate of drug-likeness (QED) is 0.638. The Bertz CT molecular complexity index is 99.1. The van der Waals surface area contributed by atoms with Gasteiger partial charge in [-0.05, 0) is 7.05 Å². The van der Waals surface area contributed by atoms with Crippen LogP contribution in [0.4, 0.5) is 0 Å². The van der Waals surface area contributed by atoms with Crippen LogP contribution < -0.4 is 5.32 Å². The summed E-state index contributed by atoms with van der Waals surface area (Å²) in [5, 5.41) is 12.7. The van der Waals surface area contributed by atoms with Crippen LogP contribution in [-0.2, 0) is 4.74 Å². The van der Waals surface area contributed by atoms with E-state index in [0.29, 0.717) is 19.8 Å². The molecule has 1 saturated heterocycles. The highest BCUT2D eigenvalue weighted by atomic mass is 35.5. The molecule has 3 nitrogen and oxygen atoms in total. The minimum absolute atomic E-state index is 0. The van der Waals surface area contributed by atoms with Gasteiger partial charge < -0.3 is 15.2 Å². The van der Waals surface area contributed by atoms with Gasteiger partial charge in [-0.3, -0.25) is 0 Å². The lowest BCUT2D eigenvalue weighted by molar-refractivity contribution is -0.0606. The molecule has 0 aromatic carbocycles. The van der Waals surface area contributed by atoms with E-state index in [1.807, 2.05) is 7.05 Å². The first-order valence-electron chi connectivity index (χ1n) is 3.72. The molecule has 0 bridgehead atoms. The zero-order valence-corrected chi connectivity index (χ0v) is 7.62. The summed E-state index contributed by atoms with van der Waals surface area (Å²) in [7, 11) is 1.85. The minimum atomic E-state index is -0.507. The van der Waals surface area contributed by atoms with Gasteiger partial charge in [-0.2, -0.15) is 0 Å². The molecule has 0 amide bonds. The van der Waals surface area contributed by atoms with E-state index in [2.05, 4.69) is 5.32 Å².